The lowest BCUT2D eigenvalue weighted by atomic mass is 9.99. The molecule has 0 saturated heterocycles. The van der Waals surface area contributed by atoms with Gasteiger partial charge in [-0.05, 0) is 54.7 Å². The largest absolute Gasteiger partial charge is 0.354 e. The minimum absolute atomic E-state index is 0.134. The van der Waals surface area contributed by atoms with E-state index in [0.29, 0.717) is 13.0 Å². The Morgan fingerprint density at radius 3 is 2.32 bits per heavy atom. The number of hydrogen-bond acceptors (Lipinski definition) is 2. The van der Waals surface area contributed by atoms with E-state index in [9.17, 15) is 14.0 Å². The topological polar surface area (TPSA) is 49.4 Å². The average molecular weight is 461 g/mol. The molecule has 1 atom stereocenters. The maximum Gasteiger partial charge on any atom is 0.243 e. The summed E-state index contributed by atoms with van der Waals surface area (Å²) in [6, 6.07) is 21.2. The molecule has 3 aromatic carbocycles. The molecule has 0 heterocycles. The van der Waals surface area contributed by atoms with Gasteiger partial charge in [0.1, 0.15) is 11.9 Å². The zero-order chi connectivity index (χ0) is 24.5. The summed E-state index contributed by atoms with van der Waals surface area (Å²) in [5.41, 5.74) is 4.82. The predicted molar refractivity (Wildman–Crippen MR) is 134 cm³/mol. The Morgan fingerprint density at radius 2 is 1.65 bits per heavy atom. The van der Waals surface area contributed by atoms with E-state index in [1.54, 1.807) is 17.0 Å². The summed E-state index contributed by atoms with van der Waals surface area (Å²) in [6.07, 6.45) is 1.40. The molecular weight excluding hydrogens is 427 g/mol. The van der Waals surface area contributed by atoms with Gasteiger partial charge >= 0.3 is 0 Å². The van der Waals surface area contributed by atoms with E-state index in [4.69, 9.17) is 0 Å². The molecule has 0 saturated carbocycles. The van der Waals surface area contributed by atoms with Gasteiger partial charge in [0.15, 0.2) is 0 Å². The monoisotopic (exact) mass is 460 g/mol. The summed E-state index contributed by atoms with van der Waals surface area (Å²) in [4.78, 5) is 28.7. The Bertz CT molecular complexity index is 1100. The van der Waals surface area contributed by atoms with Crippen molar-refractivity contribution in [3.8, 4) is 0 Å². The number of hydrogen-bond donors (Lipinski definition) is 1. The van der Waals surface area contributed by atoms with E-state index in [2.05, 4.69) is 5.32 Å². The van der Waals surface area contributed by atoms with Crippen LogP contribution in [-0.4, -0.2) is 29.3 Å². The van der Waals surface area contributed by atoms with Gasteiger partial charge in [-0.1, -0.05) is 73.2 Å². The van der Waals surface area contributed by atoms with Crippen LogP contribution in [0.15, 0.2) is 72.8 Å². The first-order chi connectivity index (χ1) is 16.4. The number of amides is 2. The van der Waals surface area contributed by atoms with Crippen molar-refractivity contribution in [3.63, 3.8) is 0 Å². The number of benzene rings is 3. The molecule has 0 aliphatic carbocycles. The van der Waals surface area contributed by atoms with Crippen LogP contribution in [0.1, 0.15) is 41.2 Å². The van der Waals surface area contributed by atoms with Crippen molar-refractivity contribution in [1.29, 1.82) is 0 Å². The predicted octanol–water partition coefficient (Wildman–Crippen LogP) is 5.15. The summed E-state index contributed by atoms with van der Waals surface area (Å²) in [5.74, 6) is -0.647. The van der Waals surface area contributed by atoms with Gasteiger partial charge in [-0.3, -0.25) is 9.59 Å². The van der Waals surface area contributed by atoms with E-state index in [1.807, 2.05) is 69.3 Å². The highest BCUT2D eigenvalue weighted by atomic mass is 19.1. The second-order valence-corrected chi connectivity index (χ2v) is 8.75. The average Bonchev–Trinajstić information content (AvgIpc) is 2.83. The molecule has 0 aliphatic rings. The summed E-state index contributed by atoms with van der Waals surface area (Å²) in [6.45, 7) is 6.75. The highest BCUT2D eigenvalue weighted by Gasteiger charge is 2.30. The van der Waals surface area contributed by atoms with Crippen molar-refractivity contribution in [2.75, 3.05) is 6.54 Å². The SMILES string of the molecule is CCCNC(=O)C(Cc1ccccc1)N(Cc1ccc(F)cc1)C(=O)Cc1cc(C)ccc1C. The fourth-order valence-electron chi connectivity index (χ4n) is 3.96. The van der Waals surface area contributed by atoms with Gasteiger partial charge < -0.3 is 10.2 Å². The zero-order valence-corrected chi connectivity index (χ0v) is 20.2. The fraction of sp³-hybridized carbons (Fsp3) is 0.310. The van der Waals surface area contributed by atoms with Gasteiger partial charge in [-0.15, -0.1) is 0 Å². The van der Waals surface area contributed by atoms with Gasteiger partial charge in [-0.2, -0.15) is 0 Å². The zero-order valence-electron chi connectivity index (χ0n) is 20.2. The van der Waals surface area contributed by atoms with E-state index in [1.165, 1.54) is 12.1 Å². The van der Waals surface area contributed by atoms with Crippen LogP contribution in [0.2, 0.25) is 0 Å². The molecule has 0 aliphatic heterocycles. The van der Waals surface area contributed by atoms with Crippen LogP contribution in [0.5, 0.6) is 0 Å². The van der Waals surface area contributed by atoms with Crippen molar-refractivity contribution in [2.24, 2.45) is 0 Å². The van der Waals surface area contributed by atoms with Crippen LogP contribution < -0.4 is 5.32 Å². The van der Waals surface area contributed by atoms with Gasteiger partial charge in [0.25, 0.3) is 0 Å². The number of halogens is 1. The summed E-state index contributed by atoms with van der Waals surface area (Å²) in [7, 11) is 0. The molecule has 5 heteroatoms. The molecule has 0 radical (unpaired) electrons. The molecule has 34 heavy (non-hydrogen) atoms. The minimum Gasteiger partial charge on any atom is -0.354 e. The molecular formula is C29H33FN2O2. The quantitative estimate of drug-likeness (QED) is 0.455. The first-order valence-electron chi connectivity index (χ1n) is 11.8. The second kappa shape index (κ2) is 12.1. The van der Waals surface area contributed by atoms with Crippen LogP contribution in [0.4, 0.5) is 4.39 Å². The van der Waals surface area contributed by atoms with Gasteiger partial charge in [0, 0.05) is 19.5 Å². The molecule has 0 fully saturated rings. The molecule has 1 unspecified atom stereocenters. The standard InChI is InChI=1S/C29H33FN2O2/c1-4-16-31-29(34)27(18-23-8-6-5-7-9-23)32(20-24-12-14-26(30)15-13-24)28(33)19-25-17-21(2)10-11-22(25)3/h5-15,17,27H,4,16,18-20H2,1-3H3,(H,31,34). The second-order valence-electron chi connectivity index (χ2n) is 8.75. The van der Waals surface area contributed by atoms with E-state index in [-0.39, 0.29) is 30.6 Å². The summed E-state index contributed by atoms with van der Waals surface area (Å²) < 4.78 is 13.5. The molecule has 0 spiro atoms. The van der Waals surface area contributed by atoms with E-state index >= 15 is 0 Å². The van der Waals surface area contributed by atoms with Crippen molar-refractivity contribution in [3.05, 3.63) is 106 Å². The number of carbonyl (C=O) groups excluding carboxylic acids is 2. The summed E-state index contributed by atoms with van der Waals surface area (Å²) in [5, 5.41) is 2.97. The molecule has 3 rings (SSSR count). The Morgan fingerprint density at radius 1 is 0.941 bits per heavy atom. The van der Waals surface area contributed by atoms with Gasteiger partial charge in [0.2, 0.25) is 11.8 Å². The third kappa shape index (κ3) is 7.01. The highest BCUT2D eigenvalue weighted by molar-refractivity contribution is 5.89. The van der Waals surface area contributed by atoms with E-state index < -0.39 is 6.04 Å². The third-order valence-corrected chi connectivity index (χ3v) is 5.93. The van der Waals surface area contributed by atoms with Crippen molar-refractivity contribution < 1.29 is 14.0 Å². The highest BCUT2D eigenvalue weighted by Crippen LogP contribution is 2.19. The van der Waals surface area contributed by atoms with Crippen LogP contribution in [0, 0.1) is 19.7 Å². The molecule has 1 N–H and O–H groups in total. The molecule has 2 amide bonds. The molecule has 178 valence electrons. The molecule has 4 nitrogen and oxygen atoms in total. The molecule has 0 bridgehead atoms. The molecule has 0 aromatic heterocycles. The van der Waals surface area contributed by atoms with Gasteiger partial charge in [0.05, 0.1) is 6.42 Å². The maximum atomic E-state index is 13.7. The Hall–Kier alpha value is -3.47. The number of carbonyl (C=O) groups is 2. The van der Waals surface area contributed by atoms with Crippen molar-refractivity contribution in [1.82, 2.24) is 10.2 Å². The van der Waals surface area contributed by atoms with Crippen molar-refractivity contribution in [2.45, 2.75) is 52.6 Å². The first kappa shape index (κ1) is 25.2. The van der Waals surface area contributed by atoms with Gasteiger partial charge in [-0.25, -0.2) is 4.39 Å². The number of rotatable bonds is 10. The lowest BCUT2D eigenvalue weighted by Gasteiger charge is -2.32. The van der Waals surface area contributed by atoms with Crippen LogP contribution in [0.3, 0.4) is 0 Å². The number of nitrogens with one attached hydrogen (secondary N) is 1. The molecule has 3 aromatic rings. The van der Waals surface area contributed by atoms with Crippen molar-refractivity contribution >= 4 is 11.8 Å². The normalized spacial score (nSPS) is 11.6. The Kier molecular flexibility index (Phi) is 8.97. The van der Waals surface area contributed by atoms with Crippen LogP contribution in [0.25, 0.3) is 0 Å². The first-order valence-corrected chi connectivity index (χ1v) is 11.8. The third-order valence-electron chi connectivity index (χ3n) is 5.93. The Labute approximate surface area is 201 Å². The lowest BCUT2D eigenvalue weighted by Crippen LogP contribution is -2.51. The number of aryl methyl sites for hydroxylation is 2. The number of nitrogens with zero attached hydrogens (tertiary/aromatic N) is 1. The summed E-state index contributed by atoms with van der Waals surface area (Å²) >= 11 is 0. The lowest BCUT2D eigenvalue weighted by molar-refractivity contribution is -0.140. The van der Waals surface area contributed by atoms with Crippen LogP contribution >= 0.6 is 0 Å². The van der Waals surface area contributed by atoms with Crippen LogP contribution in [-0.2, 0) is 29.0 Å². The smallest absolute Gasteiger partial charge is 0.243 e. The van der Waals surface area contributed by atoms with E-state index in [0.717, 1.165) is 34.2 Å². The Balaban J connectivity index is 1.97. The maximum absolute atomic E-state index is 13.7. The fourth-order valence-corrected chi connectivity index (χ4v) is 3.96. The minimum atomic E-state index is -0.684.